The number of piperidine rings is 1. The van der Waals surface area contributed by atoms with Crippen LogP contribution in [0.15, 0.2) is 48.5 Å². The number of rotatable bonds is 10. The lowest BCUT2D eigenvalue weighted by molar-refractivity contribution is 0.0954. The Hall–Kier alpha value is -3.51. The number of nitrogens with zero attached hydrogens (tertiary/aromatic N) is 2. The lowest BCUT2D eigenvalue weighted by Gasteiger charge is -2.19. The minimum Gasteiger partial charge on any atom is -0.378 e. The van der Waals surface area contributed by atoms with Crippen molar-refractivity contribution in [2.45, 2.75) is 31.7 Å². The third-order valence-electron chi connectivity index (χ3n) is 5.64. The summed E-state index contributed by atoms with van der Waals surface area (Å²) in [5.74, 6) is 1.61. The third kappa shape index (κ3) is 7.49. The molecule has 4 N–H and O–H groups in total. The molecular formula is C23H27FN6O4S. The van der Waals surface area contributed by atoms with Crippen LogP contribution in [0.4, 0.5) is 9.57 Å². The van der Waals surface area contributed by atoms with E-state index in [1.165, 1.54) is 12.1 Å². The van der Waals surface area contributed by atoms with Gasteiger partial charge in [-0.25, -0.2) is 4.98 Å². The summed E-state index contributed by atoms with van der Waals surface area (Å²) in [7, 11) is -5.08. The lowest BCUT2D eigenvalue weighted by Crippen LogP contribution is -2.27. The number of hydrogen-bond donors (Lipinski definition) is 4. The largest absolute Gasteiger partial charge is 0.488 e. The Morgan fingerprint density at radius 2 is 1.94 bits per heavy atom. The number of nitrogens with one attached hydrogen (secondary N) is 4. The smallest absolute Gasteiger partial charge is 0.378 e. The van der Waals surface area contributed by atoms with Gasteiger partial charge in [-0.3, -0.25) is 9.89 Å². The van der Waals surface area contributed by atoms with E-state index < -0.39 is 10.5 Å². The highest BCUT2D eigenvalue weighted by molar-refractivity contribution is 7.81. The van der Waals surface area contributed by atoms with Gasteiger partial charge in [-0.15, -0.1) is 0 Å². The van der Waals surface area contributed by atoms with Crippen molar-refractivity contribution < 1.29 is 21.3 Å². The van der Waals surface area contributed by atoms with Crippen molar-refractivity contribution >= 4 is 22.1 Å². The fraction of sp³-hybridized carbons (Fsp3) is 0.348. The van der Waals surface area contributed by atoms with Crippen molar-refractivity contribution in [3.63, 3.8) is 0 Å². The average Bonchev–Trinajstić information content (AvgIpc) is 3.32. The number of hydrogen-bond acceptors (Lipinski definition) is 8. The monoisotopic (exact) mass is 502 g/mol. The van der Waals surface area contributed by atoms with Crippen molar-refractivity contribution in [2.24, 2.45) is 0 Å². The summed E-state index contributed by atoms with van der Waals surface area (Å²) in [6, 6.07) is 13.1. The predicted octanol–water partition coefficient (Wildman–Crippen LogP) is 2.45. The molecule has 1 aliphatic heterocycles. The van der Waals surface area contributed by atoms with Gasteiger partial charge in [0.15, 0.2) is 5.82 Å². The van der Waals surface area contributed by atoms with Crippen LogP contribution in [0.2, 0.25) is 0 Å². The van der Waals surface area contributed by atoms with Gasteiger partial charge in [-0.05, 0) is 68.2 Å². The van der Waals surface area contributed by atoms with Crippen molar-refractivity contribution in [1.29, 1.82) is 0 Å². The molecule has 1 saturated heterocycles. The van der Waals surface area contributed by atoms with Gasteiger partial charge in [0.25, 0.3) is 5.91 Å². The first kappa shape index (κ1) is 24.6. The summed E-state index contributed by atoms with van der Waals surface area (Å²) in [4.78, 5) is 17.2. The number of halogens is 1. The summed E-state index contributed by atoms with van der Waals surface area (Å²) < 4.78 is 38.2. The molecule has 1 aliphatic rings. The molecule has 35 heavy (non-hydrogen) atoms. The fourth-order valence-electron chi connectivity index (χ4n) is 3.91. The minimum atomic E-state index is -5.08. The van der Waals surface area contributed by atoms with Gasteiger partial charge in [0, 0.05) is 23.7 Å². The van der Waals surface area contributed by atoms with Crippen molar-refractivity contribution in [2.75, 3.05) is 25.0 Å². The van der Waals surface area contributed by atoms with E-state index in [2.05, 4.69) is 35.3 Å². The molecule has 0 saturated carbocycles. The standard InChI is InChI=1S/C23H27FN6O4S/c24-35(32,33)34-20-6-1-3-16(13-20)7-12-26-23(31)18-4-2-5-19(14-18)27-15-21-28-22(30-29-21)17-8-10-25-11-9-17/h1-6,13-14,17,25,27H,7-12,15H2,(H,26,31)(H,28,29,30). The normalized spacial score (nSPS) is 14.4. The van der Waals surface area contributed by atoms with Gasteiger partial charge in [0.2, 0.25) is 0 Å². The molecule has 3 aromatic rings. The topological polar surface area (TPSA) is 138 Å². The molecule has 12 heteroatoms. The third-order valence-corrected chi connectivity index (χ3v) is 6.04. The molecule has 0 spiro atoms. The van der Waals surface area contributed by atoms with Crippen LogP contribution in [0.3, 0.4) is 0 Å². The van der Waals surface area contributed by atoms with Gasteiger partial charge in [0.05, 0.1) is 6.54 Å². The van der Waals surface area contributed by atoms with Crippen molar-refractivity contribution in [3.8, 4) is 5.75 Å². The van der Waals surface area contributed by atoms with E-state index in [4.69, 9.17) is 0 Å². The Morgan fingerprint density at radius 3 is 2.74 bits per heavy atom. The van der Waals surface area contributed by atoms with Gasteiger partial charge in [0.1, 0.15) is 11.6 Å². The van der Waals surface area contributed by atoms with Crippen LogP contribution < -0.4 is 20.1 Å². The van der Waals surface area contributed by atoms with Crippen LogP contribution >= 0.6 is 0 Å². The average molecular weight is 503 g/mol. The van der Waals surface area contributed by atoms with Crippen LogP contribution in [0.1, 0.15) is 46.3 Å². The molecule has 10 nitrogen and oxygen atoms in total. The highest BCUT2D eigenvalue weighted by atomic mass is 32.3. The van der Waals surface area contributed by atoms with Gasteiger partial charge in [-0.2, -0.15) is 13.5 Å². The van der Waals surface area contributed by atoms with Crippen LogP contribution in [0, 0.1) is 0 Å². The minimum absolute atomic E-state index is 0.121. The number of amides is 1. The van der Waals surface area contributed by atoms with E-state index in [1.807, 2.05) is 6.07 Å². The Bertz CT molecular complexity index is 1260. The molecular weight excluding hydrogens is 475 g/mol. The summed E-state index contributed by atoms with van der Waals surface area (Å²) in [5.41, 5.74) is 1.95. The van der Waals surface area contributed by atoms with Crippen LogP contribution in [-0.2, 0) is 23.5 Å². The van der Waals surface area contributed by atoms with Crippen LogP contribution in [0.25, 0.3) is 0 Å². The molecule has 4 rings (SSSR count). The van der Waals surface area contributed by atoms with Gasteiger partial charge < -0.3 is 20.1 Å². The second-order valence-electron chi connectivity index (χ2n) is 8.23. The maximum atomic E-state index is 12.7. The van der Waals surface area contributed by atoms with E-state index in [-0.39, 0.29) is 11.7 Å². The van der Waals surface area contributed by atoms with Gasteiger partial charge >= 0.3 is 10.5 Å². The Morgan fingerprint density at radius 1 is 1.14 bits per heavy atom. The zero-order chi connectivity index (χ0) is 24.7. The second kappa shape index (κ2) is 11.3. The predicted molar refractivity (Wildman–Crippen MR) is 128 cm³/mol. The summed E-state index contributed by atoms with van der Waals surface area (Å²) >= 11 is 0. The number of aromatic nitrogens is 3. The zero-order valence-corrected chi connectivity index (χ0v) is 19.8. The zero-order valence-electron chi connectivity index (χ0n) is 19.0. The lowest BCUT2D eigenvalue weighted by atomic mass is 9.98. The highest BCUT2D eigenvalue weighted by Gasteiger charge is 2.19. The molecule has 0 aliphatic carbocycles. The number of carbonyl (C=O) groups is 1. The molecule has 186 valence electrons. The van der Waals surface area contributed by atoms with Crippen molar-refractivity contribution in [3.05, 3.63) is 71.3 Å². The summed E-state index contributed by atoms with van der Waals surface area (Å²) in [6.07, 6.45) is 2.49. The molecule has 0 atom stereocenters. The number of aromatic amines is 1. The quantitative estimate of drug-likeness (QED) is 0.310. The number of benzene rings is 2. The molecule has 0 bridgehead atoms. The number of H-pyrrole nitrogens is 1. The van der Waals surface area contributed by atoms with E-state index in [0.717, 1.165) is 37.4 Å². The Balaban J connectivity index is 1.26. The molecule has 1 amide bonds. The van der Waals surface area contributed by atoms with E-state index >= 15 is 0 Å². The molecule has 1 fully saturated rings. The Labute approximate surface area is 203 Å². The first-order valence-electron chi connectivity index (χ1n) is 11.3. The van der Waals surface area contributed by atoms with Gasteiger partial charge in [-0.1, -0.05) is 22.1 Å². The van der Waals surface area contributed by atoms with E-state index in [0.29, 0.717) is 42.4 Å². The molecule has 0 radical (unpaired) electrons. The van der Waals surface area contributed by atoms with Crippen LogP contribution in [-0.4, -0.2) is 49.1 Å². The Kier molecular flexibility index (Phi) is 7.93. The first-order valence-corrected chi connectivity index (χ1v) is 12.6. The molecule has 1 aromatic heterocycles. The molecule has 2 heterocycles. The van der Waals surface area contributed by atoms with Crippen molar-refractivity contribution in [1.82, 2.24) is 25.8 Å². The first-order chi connectivity index (χ1) is 16.9. The maximum absolute atomic E-state index is 12.7. The SMILES string of the molecule is O=C(NCCc1cccc(OS(=O)(=O)F)c1)c1cccc(NCc2n[nH]c(C3CCNCC3)n2)c1. The van der Waals surface area contributed by atoms with E-state index in [1.54, 1.807) is 30.3 Å². The summed E-state index contributed by atoms with van der Waals surface area (Å²) in [6.45, 7) is 2.70. The fourth-order valence-corrected chi connectivity index (χ4v) is 4.24. The highest BCUT2D eigenvalue weighted by Crippen LogP contribution is 2.22. The number of anilines is 1. The molecule has 0 unspecified atom stereocenters. The molecule has 2 aromatic carbocycles. The maximum Gasteiger partial charge on any atom is 0.488 e. The second-order valence-corrected chi connectivity index (χ2v) is 9.18. The summed E-state index contributed by atoms with van der Waals surface area (Å²) in [5, 5.41) is 16.7. The number of carbonyl (C=O) groups excluding carboxylic acids is 1. The van der Waals surface area contributed by atoms with Crippen LogP contribution in [0.5, 0.6) is 5.75 Å². The van der Waals surface area contributed by atoms with E-state index in [9.17, 15) is 17.1 Å².